The van der Waals surface area contributed by atoms with Crippen LogP contribution in [0.4, 0.5) is 11.4 Å². The van der Waals surface area contributed by atoms with Crippen LogP contribution in [0.5, 0.6) is 0 Å². The second-order valence-electron chi connectivity index (χ2n) is 6.71. The first-order valence-corrected chi connectivity index (χ1v) is 9.98. The molecule has 2 heterocycles. The van der Waals surface area contributed by atoms with E-state index < -0.39 is 5.92 Å². The van der Waals surface area contributed by atoms with Gasteiger partial charge < -0.3 is 15.0 Å². The van der Waals surface area contributed by atoms with Crippen LogP contribution in [0.1, 0.15) is 25.7 Å². The number of esters is 1. The van der Waals surface area contributed by atoms with E-state index in [0.717, 1.165) is 18.8 Å². The Morgan fingerprint density at radius 1 is 1.23 bits per heavy atom. The average molecular weight is 376 g/mol. The van der Waals surface area contributed by atoms with Gasteiger partial charge in [0, 0.05) is 43.1 Å². The van der Waals surface area contributed by atoms with Crippen molar-refractivity contribution in [2.75, 3.05) is 36.2 Å². The zero-order valence-electron chi connectivity index (χ0n) is 14.9. The summed E-state index contributed by atoms with van der Waals surface area (Å²) < 4.78 is 4.69. The van der Waals surface area contributed by atoms with Crippen molar-refractivity contribution < 1.29 is 19.1 Å². The predicted molar refractivity (Wildman–Crippen MR) is 103 cm³/mol. The number of benzene rings is 1. The minimum Gasteiger partial charge on any atom is -0.469 e. The topological polar surface area (TPSA) is 75.7 Å². The predicted octanol–water partition coefficient (Wildman–Crippen LogP) is 2.48. The molecule has 1 aromatic rings. The van der Waals surface area contributed by atoms with Crippen LogP contribution in [-0.2, 0) is 19.1 Å². The molecule has 0 aliphatic carbocycles. The summed E-state index contributed by atoms with van der Waals surface area (Å²) in [6.45, 7) is 2.17. The fourth-order valence-electron chi connectivity index (χ4n) is 3.36. The molecule has 0 spiro atoms. The van der Waals surface area contributed by atoms with Gasteiger partial charge in [-0.05, 0) is 37.1 Å². The van der Waals surface area contributed by atoms with Crippen molar-refractivity contribution >= 4 is 40.8 Å². The number of hydrogen-bond donors (Lipinski definition) is 1. The van der Waals surface area contributed by atoms with Crippen LogP contribution in [0.15, 0.2) is 24.3 Å². The maximum Gasteiger partial charge on any atom is 0.309 e. The lowest BCUT2D eigenvalue weighted by Gasteiger charge is -2.25. The Morgan fingerprint density at radius 2 is 1.92 bits per heavy atom. The molecule has 0 saturated carbocycles. The summed E-state index contributed by atoms with van der Waals surface area (Å²) in [4.78, 5) is 38.3. The molecule has 0 aromatic heterocycles. The Balaban J connectivity index is 1.49. The normalized spacial score (nSPS) is 23.0. The number of carbonyl (C=O) groups is 3. The molecule has 1 aromatic carbocycles. The number of rotatable bonds is 5. The van der Waals surface area contributed by atoms with Crippen molar-refractivity contribution in [3.63, 3.8) is 0 Å². The smallest absolute Gasteiger partial charge is 0.309 e. The van der Waals surface area contributed by atoms with E-state index in [-0.39, 0.29) is 35.8 Å². The number of nitrogens with one attached hydrogen (secondary N) is 1. The van der Waals surface area contributed by atoms with E-state index in [1.807, 2.05) is 24.3 Å². The van der Waals surface area contributed by atoms with Gasteiger partial charge in [-0.15, -0.1) is 11.8 Å². The number of amides is 1. The van der Waals surface area contributed by atoms with E-state index in [1.165, 1.54) is 37.4 Å². The van der Waals surface area contributed by atoms with Crippen LogP contribution >= 0.6 is 11.8 Å². The minimum absolute atomic E-state index is 0.0591. The Kier molecular flexibility index (Phi) is 6.19. The molecule has 2 saturated heterocycles. The van der Waals surface area contributed by atoms with Crippen LogP contribution in [-0.4, -0.2) is 48.9 Å². The monoisotopic (exact) mass is 376 g/mol. The highest BCUT2D eigenvalue weighted by Crippen LogP contribution is 2.30. The molecule has 0 radical (unpaired) electrons. The lowest BCUT2D eigenvalue weighted by atomic mass is 10.0. The maximum absolute atomic E-state index is 12.3. The number of ketones is 1. The summed E-state index contributed by atoms with van der Waals surface area (Å²) in [5.41, 5.74) is 1.91. The number of anilines is 2. The first-order chi connectivity index (χ1) is 12.6. The molecule has 2 aliphatic heterocycles. The molecule has 3 rings (SSSR count). The first-order valence-electron chi connectivity index (χ1n) is 8.94. The quantitative estimate of drug-likeness (QED) is 0.796. The molecule has 2 atom stereocenters. The van der Waals surface area contributed by atoms with Gasteiger partial charge in [0.05, 0.1) is 18.3 Å². The molecule has 26 heavy (non-hydrogen) atoms. The van der Waals surface area contributed by atoms with Gasteiger partial charge >= 0.3 is 5.97 Å². The summed E-state index contributed by atoms with van der Waals surface area (Å²) in [6.07, 6.45) is 2.73. The number of hydrogen-bond acceptors (Lipinski definition) is 6. The van der Waals surface area contributed by atoms with E-state index in [1.54, 1.807) is 0 Å². The van der Waals surface area contributed by atoms with Crippen molar-refractivity contribution in [2.45, 2.75) is 30.9 Å². The van der Waals surface area contributed by atoms with Crippen molar-refractivity contribution in [3.8, 4) is 0 Å². The summed E-state index contributed by atoms with van der Waals surface area (Å²) in [7, 11) is 1.33. The molecule has 2 aliphatic rings. The van der Waals surface area contributed by atoms with Gasteiger partial charge in [0.2, 0.25) is 5.91 Å². The van der Waals surface area contributed by atoms with Crippen molar-refractivity contribution in [3.05, 3.63) is 24.3 Å². The highest BCUT2D eigenvalue weighted by atomic mass is 32.2. The van der Waals surface area contributed by atoms with Crippen LogP contribution in [0.3, 0.4) is 0 Å². The SMILES string of the molecule is COC(=O)C1CSC(CC(=O)Nc2ccc(N3CCCC3)cc2)C(=O)C1. The van der Waals surface area contributed by atoms with Crippen LogP contribution in [0.25, 0.3) is 0 Å². The third-order valence-electron chi connectivity index (χ3n) is 4.83. The number of methoxy groups -OCH3 is 1. The second-order valence-corrected chi connectivity index (χ2v) is 7.94. The molecule has 6 nitrogen and oxygen atoms in total. The van der Waals surface area contributed by atoms with E-state index in [0.29, 0.717) is 5.75 Å². The number of nitrogens with zero attached hydrogens (tertiary/aromatic N) is 1. The highest BCUT2D eigenvalue weighted by molar-refractivity contribution is 8.00. The minimum atomic E-state index is -0.394. The van der Waals surface area contributed by atoms with Gasteiger partial charge in [0.15, 0.2) is 0 Å². The largest absolute Gasteiger partial charge is 0.469 e. The van der Waals surface area contributed by atoms with Gasteiger partial charge in [0.1, 0.15) is 5.78 Å². The standard InChI is InChI=1S/C19H24N2O4S/c1-25-19(24)13-10-16(22)17(26-12-13)11-18(23)20-14-4-6-15(7-5-14)21-8-2-3-9-21/h4-7,13,17H,2-3,8-12H2,1H3,(H,20,23). The van der Waals surface area contributed by atoms with E-state index >= 15 is 0 Å². The van der Waals surface area contributed by atoms with E-state index in [9.17, 15) is 14.4 Å². The molecule has 1 amide bonds. The van der Waals surface area contributed by atoms with Gasteiger partial charge in [-0.2, -0.15) is 0 Å². The number of Topliss-reactive ketones (excluding diaryl/α,β-unsaturated/α-hetero) is 1. The average Bonchev–Trinajstić information content (AvgIpc) is 3.18. The summed E-state index contributed by atoms with van der Waals surface area (Å²) in [5.74, 6) is -0.472. The third-order valence-corrected chi connectivity index (χ3v) is 6.26. The first kappa shape index (κ1) is 18.8. The Hall–Kier alpha value is -2.02. The number of thioether (sulfide) groups is 1. The molecule has 0 bridgehead atoms. The molecular weight excluding hydrogens is 352 g/mol. The number of ether oxygens (including phenoxy) is 1. The molecule has 140 valence electrons. The lowest BCUT2D eigenvalue weighted by Crippen LogP contribution is -2.35. The maximum atomic E-state index is 12.3. The molecule has 2 fully saturated rings. The van der Waals surface area contributed by atoms with E-state index in [4.69, 9.17) is 4.74 Å². The van der Waals surface area contributed by atoms with Crippen LogP contribution in [0, 0.1) is 5.92 Å². The van der Waals surface area contributed by atoms with Crippen LogP contribution in [0.2, 0.25) is 0 Å². The van der Waals surface area contributed by atoms with Crippen LogP contribution < -0.4 is 10.2 Å². The molecular formula is C19H24N2O4S. The van der Waals surface area contributed by atoms with Gasteiger partial charge in [-0.3, -0.25) is 14.4 Å². The number of carbonyl (C=O) groups excluding carboxylic acids is 3. The molecule has 7 heteroatoms. The van der Waals surface area contributed by atoms with Crippen molar-refractivity contribution in [1.29, 1.82) is 0 Å². The Bertz CT molecular complexity index is 671. The molecule has 1 N–H and O–H groups in total. The Labute approximate surface area is 157 Å². The highest BCUT2D eigenvalue weighted by Gasteiger charge is 2.34. The van der Waals surface area contributed by atoms with Gasteiger partial charge in [-0.1, -0.05) is 0 Å². The third kappa shape index (κ3) is 4.58. The van der Waals surface area contributed by atoms with Gasteiger partial charge in [0.25, 0.3) is 0 Å². The lowest BCUT2D eigenvalue weighted by molar-refractivity contribution is -0.146. The van der Waals surface area contributed by atoms with Crippen molar-refractivity contribution in [2.24, 2.45) is 5.92 Å². The molecule has 2 unspecified atom stereocenters. The second kappa shape index (κ2) is 8.58. The summed E-state index contributed by atoms with van der Waals surface area (Å²) in [6, 6.07) is 7.83. The van der Waals surface area contributed by atoms with Crippen molar-refractivity contribution in [1.82, 2.24) is 0 Å². The van der Waals surface area contributed by atoms with E-state index in [2.05, 4.69) is 10.2 Å². The van der Waals surface area contributed by atoms with Gasteiger partial charge in [-0.25, -0.2) is 0 Å². The fraction of sp³-hybridized carbons (Fsp3) is 0.526. The summed E-state index contributed by atoms with van der Waals surface area (Å²) >= 11 is 1.36. The Morgan fingerprint density at radius 3 is 2.54 bits per heavy atom. The zero-order chi connectivity index (χ0) is 18.5. The zero-order valence-corrected chi connectivity index (χ0v) is 15.7. The fourth-order valence-corrected chi connectivity index (χ4v) is 4.63. The summed E-state index contributed by atoms with van der Waals surface area (Å²) in [5, 5.41) is 2.47.